The van der Waals surface area contributed by atoms with Crippen molar-refractivity contribution in [1.29, 1.82) is 0 Å². The van der Waals surface area contributed by atoms with Gasteiger partial charge in [0.25, 0.3) is 0 Å². The third-order valence-electron chi connectivity index (χ3n) is 4.16. The molecule has 1 unspecified atom stereocenters. The van der Waals surface area contributed by atoms with Gasteiger partial charge in [-0.1, -0.05) is 12.1 Å². The predicted octanol–water partition coefficient (Wildman–Crippen LogP) is 2.19. The molecule has 0 aliphatic carbocycles. The minimum absolute atomic E-state index is 0.329. The molecule has 1 aliphatic heterocycles. The lowest BCUT2D eigenvalue weighted by molar-refractivity contribution is 0.154. The molecule has 1 saturated heterocycles. The van der Waals surface area contributed by atoms with Crippen molar-refractivity contribution < 1.29 is 0 Å². The second kappa shape index (κ2) is 6.83. The Morgan fingerprint density at radius 3 is 2.76 bits per heavy atom. The quantitative estimate of drug-likeness (QED) is 0.917. The Kier molecular flexibility index (Phi) is 4.85. The highest BCUT2D eigenvalue weighted by molar-refractivity contribution is 7.18. The maximum Gasteiger partial charge on any atom is 0.111 e. The molecule has 0 bridgehead atoms. The molecule has 21 heavy (non-hydrogen) atoms. The summed E-state index contributed by atoms with van der Waals surface area (Å²) in [7, 11) is 2.20. The van der Waals surface area contributed by atoms with E-state index in [4.69, 9.17) is 4.98 Å². The van der Waals surface area contributed by atoms with Gasteiger partial charge >= 0.3 is 0 Å². The Hall–Kier alpha value is -1.01. The molecule has 1 fully saturated rings. The van der Waals surface area contributed by atoms with Gasteiger partial charge in [0.05, 0.1) is 16.3 Å². The summed E-state index contributed by atoms with van der Waals surface area (Å²) in [5.41, 5.74) is 1.12. The highest BCUT2D eigenvalue weighted by Gasteiger charge is 2.14. The van der Waals surface area contributed by atoms with Crippen LogP contribution in [-0.2, 0) is 0 Å². The highest BCUT2D eigenvalue weighted by Crippen LogP contribution is 2.25. The van der Waals surface area contributed by atoms with Crippen LogP contribution in [0.1, 0.15) is 18.0 Å². The topological polar surface area (TPSA) is 31.4 Å². The van der Waals surface area contributed by atoms with Crippen LogP contribution in [-0.4, -0.2) is 61.1 Å². The molecule has 1 aromatic heterocycles. The van der Waals surface area contributed by atoms with Crippen molar-refractivity contribution in [3.8, 4) is 0 Å². The van der Waals surface area contributed by atoms with E-state index in [1.165, 1.54) is 35.9 Å². The van der Waals surface area contributed by atoms with Crippen LogP contribution in [0.5, 0.6) is 0 Å². The molecular weight excluding hydrogens is 280 g/mol. The number of nitrogens with zero attached hydrogens (tertiary/aromatic N) is 3. The van der Waals surface area contributed by atoms with Crippen molar-refractivity contribution >= 4 is 21.6 Å². The Morgan fingerprint density at radius 2 is 2.00 bits per heavy atom. The summed E-state index contributed by atoms with van der Waals surface area (Å²) in [6.45, 7) is 9.12. The second-order valence-corrected chi connectivity index (χ2v) is 6.90. The van der Waals surface area contributed by atoms with Crippen molar-refractivity contribution in [3.63, 3.8) is 0 Å². The maximum atomic E-state index is 4.72. The number of fused-ring (bicyclic) bond motifs is 1. The number of thiazole rings is 1. The number of likely N-dealkylation sites (N-methyl/N-ethyl adjacent to an activating group) is 1. The number of piperazine rings is 1. The van der Waals surface area contributed by atoms with Gasteiger partial charge in [0, 0.05) is 39.3 Å². The van der Waals surface area contributed by atoms with Crippen LogP contribution in [0.4, 0.5) is 0 Å². The fourth-order valence-corrected chi connectivity index (χ4v) is 3.67. The Morgan fingerprint density at radius 1 is 1.24 bits per heavy atom. The number of hydrogen-bond acceptors (Lipinski definition) is 5. The van der Waals surface area contributed by atoms with E-state index >= 15 is 0 Å². The van der Waals surface area contributed by atoms with E-state index in [1.54, 1.807) is 11.3 Å². The molecule has 1 N–H and O–H groups in total. The van der Waals surface area contributed by atoms with Crippen LogP contribution in [0.15, 0.2) is 24.3 Å². The molecule has 0 amide bonds. The first-order valence-electron chi connectivity index (χ1n) is 7.72. The first-order chi connectivity index (χ1) is 10.2. The van der Waals surface area contributed by atoms with Crippen LogP contribution in [0.3, 0.4) is 0 Å². The molecule has 2 aromatic rings. The van der Waals surface area contributed by atoms with Gasteiger partial charge in [0.1, 0.15) is 5.01 Å². The van der Waals surface area contributed by atoms with Crippen LogP contribution in [0, 0.1) is 0 Å². The second-order valence-electron chi connectivity index (χ2n) is 5.84. The van der Waals surface area contributed by atoms with Gasteiger partial charge in [-0.2, -0.15) is 0 Å². The zero-order valence-corrected chi connectivity index (χ0v) is 13.7. The van der Waals surface area contributed by atoms with Gasteiger partial charge in [-0.15, -0.1) is 11.3 Å². The molecule has 1 atom stereocenters. The van der Waals surface area contributed by atoms with Gasteiger partial charge in [0.2, 0.25) is 0 Å². The van der Waals surface area contributed by atoms with Crippen LogP contribution in [0.2, 0.25) is 0 Å². The standard InChI is InChI=1S/C16H24N4S/c1-13(16-18-14-5-3-4-6-15(14)21-16)17-7-8-20-11-9-19(2)10-12-20/h3-6,13,17H,7-12H2,1-2H3. The van der Waals surface area contributed by atoms with E-state index in [-0.39, 0.29) is 0 Å². The zero-order valence-electron chi connectivity index (χ0n) is 12.9. The van der Waals surface area contributed by atoms with E-state index in [1.807, 2.05) is 0 Å². The zero-order chi connectivity index (χ0) is 14.7. The van der Waals surface area contributed by atoms with Crippen LogP contribution >= 0.6 is 11.3 Å². The number of rotatable bonds is 5. The SMILES string of the molecule is CC(NCCN1CCN(C)CC1)c1nc2ccccc2s1. The minimum Gasteiger partial charge on any atom is -0.307 e. The normalized spacial score (nSPS) is 19.1. The monoisotopic (exact) mass is 304 g/mol. The Labute approximate surface area is 130 Å². The number of benzene rings is 1. The van der Waals surface area contributed by atoms with Crippen molar-refractivity contribution in [2.45, 2.75) is 13.0 Å². The van der Waals surface area contributed by atoms with Crippen molar-refractivity contribution in [1.82, 2.24) is 20.1 Å². The Bertz CT molecular complexity index is 541. The summed E-state index contributed by atoms with van der Waals surface area (Å²) < 4.78 is 1.28. The van der Waals surface area contributed by atoms with E-state index in [9.17, 15) is 0 Å². The van der Waals surface area contributed by atoms with Crippen molar-refractivity contribution in [3.05, 3.63) is 29.3 Å². The maximum absolute atomic E-state index is 4.72. The number of para-hydroxylation sites is 1. The molecule has 1 aromatic carbocycles. The summed E-state index contributed by atoms with van der Waals surface area (Å²) in [6, 6.07) is 8.70. The Balaban J connectivity index is 1.48. The van der Waals surface area contributed by atoms with E-state index in [2.05, 4.69) is 53.4 Å². The summed E-state index contributed by atoms with van der Waals surface area (Å²) in [6.07, 6.45) is 0. The molecule has 4 nitrogen and oxygen atoms in total. The smallest absolute Gasteiger partial charge is 0.111 e. The molecule has 0 radical (unpaired) electrons. The average Bonchev–Trinajstić information content (AvgIpc) is 2.93. The molecular formula is C16H24N4S. The number of nitrogens with one attached hydrogen (secondary N) is 1. The van der Waals surface area contributed by atoms with Crippen LogP contribution < -0.4 is 5.32 Å². The largest absolute Gasteiger partial charge is 0.307 e. The highest BCUT2D eigenvalue weighted by atomic mass is 32.1. The molecule has 5 heteroatoms. The lowest BCUT2D eigenvalue weighted by atomic mass is 10.3. The van der Waals surface area contributed by atoms with Crippen LogP contribution in [0.25, 0.3) is 10.2 Å². The minimum atomic E-state index is 0.329. The summed E-state index contributed by atoms with van der Waals surface area (Å²) in [5, 5.41) is 4.80. The lowest BCUT2D eigenvalue weighted by Gasteiger charge is -2.32. The van der Waals surface area contributed by atoms with E-state index < -0.39 is 0 Å². The first-order valence-corrected chi connectivity index (χ1v) is 8.54. The average molecular weight is 304 g/mol. The number of hydrogen-bond donors (Lipinski definition) is 1. The first kappa shape index (κ1) is 14.9. The third-order valence-corrected chi connectivity index (χ3v) is 5.37. The molecule has 2 heterocycles. The fraction of sp³-hybridized carbons (Fsp3) is 0.562. The van der Waals surface area contributed by atoms with Gasteiger partial charge in [-0.25, -0.2) is 4.98 Å². The molecule has 3 rings (SSSR count). The van der Waals surface area contributed by atoms with Gasteiger partial charge in [-0.3, -0.25) is 4.90 Å². The predicted molar refractivity (Wildman–Crippen MR) is 90.0 cm³/mol. The van der Waals surface area contributed by atoms with E-state index in [0.717, 1.165) is 18.6 Å². The number of aromatic nitrogens is 1. The summed E-state index contributed by atoms with van der Waals surface area (Å²) in [5.74, 6) is 0. The fourth-order valence-electron chi connectivity index (χ4n) is 2.67. The molecule has 1 aliphatic rings. The molecule has 114 valence electrons. The van der Waals surface area contributed by atoms with Gasteiger partial charge in [0.15, 0.2) is 0 Å². The van der Waals surface area contributed by atoms with Gasteiger partial charge < -0.3 is 10.2 Å². The van der Waals surface area contributed by atoms with Gasteiger partial charge in [-0.05, 0) is 26.1 Å². The van der Waals surface area contributed by atoms with Crippen molar-refractivity contribution in [2.75, 3.05) is 46.3 Å². The molecule has 0 spiro atoms. The van der Waals surface area contributed by atoms with E-state index in [0.29, 0.717) is 6.04 Å². The molecule has 0 saturated carbocycles. The third kappa shape index (κ3) is 3.80. The van der Waals surface area contributed by atoms with Crippen molar-refractivity contribution in [2.24, 2.45) is 0 Å². The summed E-state index contributed by atoms with van der Waals surface area (Å²) in [4.78, 5) is 9.66. The summed E-state index contributed by atoms with van der Waals surface area (Å²) >= 11 is 1.80. The lowest BCUT2D eigenvalue weighted by Crippen LogP contribution is -2.46.